The summed E-state index contributed by atoms with van der Waals surface area (Å²) in [4.78, 5) is 64.1. The van der Waals surface area contributed by atoms with E-state index < -0.39 is 188 Å². The van der Waals surface area contributed by atoms with E-state index in [1.165, 1.54) is 65.2 Å². The van der Waals surface area contributed by atoms with Gasteiger partial charge in [-0.1, -0.05) is 155 Å². The molecule has 6 aromatic carbocycles. The number of hydrogen-bond acceptors (Lipinski definition) is 10. The lowest BCUT2D eigenvalue weighted by molar-refractivity contribution is -0.138. The maximum atomic E-state index is 15.0. The zero-order valence-electron chi connectivity index (χ0n) is 79.9. The lowest BCUT2D eigenvalue weighted by atomic mass is 9.99. The summed E-state index contributed by atoms with van der Waals surface area (Å²) >= 11 is 0.410. The Morgan fingerprint density at radius 1 is 0.573 bits per heavy atom. The summed E-state index contributed by atoms with van der Waals surface area (Å²) in [6.45, 7) is -29.2. The number of aromatic nitrogens is 4. The number of fused-ring (bicyclic) bond motifs is 2. The molecule has 0 aliphatic heterocycles. The lowest BCUT2D eigenvalue weighted by Crippen LogP contribution is -2.42. The van der Waals surface area contributed by atoms with Gasteiger partial charge in [0.1, 0.15) is 24.7 Å². The molecule has 0 radical (unpaired) electrons. The van der Waals surface area contributed by atoms with Crippen LogP contribution in [0.5, 0.6) is 0 Å². The fourth-order valence-corrected chi connectivity index (χ4v) is 11.1. The average molecular weight is 1390 g/mol. The lowest BCUT2D eigenvalue weighted by Gasteiger charge is -2.33. The highest BCUT2D eigenvalue weighted by molar-refractivity contribution is 7.98. The quantitative estimate of drug-likeness (QED) is 0.0295. The van der Waals surface area contributed by atoms with E-state index in [-0.39, 0.29) is 88.4 Å². The van der Waals surface area contributed by atoms with Gasteiger partial charge >= 0.3 is 12.4 Å². The zero-order chi connectivity index (χ0) is 94.0. The van der Waals surface area contributed by atoms with Gasteiger partial charge in [-0.2, -0.15) is 36.3 Å². The fraction of sp³-hybridized carbons (Fsp3) is 0.378. The van der Waals surface area contributed by atoms with Crippen molar-refractivity contribution in [2.75, 3.05) is 52.0 Å². The number of amides is 2. The van der Waals surface area contributed by atoms with Gasteiger partial charge in [-0.15, -0.1) is 0 Å². The van der Waals surface area contributed by atoms with Crippen molar-refractivity contribution in [3.05, 3.63) is 234 Å². The Morgan fingerprint density at radius 3 is 1.46 bits per heavy atom. The first-order valence-corrected chi connectivity index (χ1v) is 30.7. The van der Waals surface area contributed by atoms with Crippen LogP contribution < -0.4 is 11.1 Å². The maximum Gasteiger partial charge on any atom is 0.416 e. The minimum Gasteiger partial charge on any atom is -0.336 e. The van der Waals surface area contributed by atoms with Gasteiger partial charge in [-0.3, -0.25) is 19.2 Å². The van der Waals surface area contributed by atoms with Crippen LogP contribution >= 0.6 is 23.5 Å². The van der Waals surface area contributed by atoms with E-state index in [1.54, 1.807) is 0 Å². The van der Waals surface area contributed by atoms with Crippen LogP contribution in [0.2, 0.25) is 0 Å². The van der Waals surface area contributed by atoms with Gasteiger partial charge in [0.05, 0.1) is 26.7 Å². The molecular formula is C74H80F8N8O4S2. The maximum absolute atomic E-state index is 15.0. The van der Waals surface area contributed by atoms with Crippen LogP contribution in [0.25, 0.3) is 22.3 Å². The summed E-state index contributed by atoms with van der Waals surface area (Å²) in [7, 11) is 0. The minimum atomic E-state index is -4.67. The third-order valence-corrected chi connectivity index (χ3v) is 16.2. The van der Waals surface area contributed by atoms with Crippen molar-refractivity contribution in [1.29, 1.82) is 0 Å². The molecule has 96 heavy (non-hydrogen) atoms. The van der Waals surface area contributed by atoms with E-state index in [1.807, 2.05) is 0 Å². The van der Waals surface area contributed by atoms with Crippen molar-refractivity contribution in [1.82, 2.24) is 38.7 Å². The van der Waals surface area contributed by atoms with Gasteiger partial charge in [0.15, 0.2) is 10.3 Å². The van der Waals surface area contributed by atoms with Crippen molar-refractivity contribution in [2.45, 2.75) is 133 Å². The van der Waals surface area contributed by atoms with Crippen molar-refractivity contribution in [3.8, 4) is 22.3 Å². The molecule has 2 aromatic heterocycles. The van der Waals surface area contributed by atoms with Gasteiger partial charge in [-0.25, -0.2) is 8.78 Å². The molecule has 0 saturated heterocycles. The first kappa shape index (κ1) is 43.4. The summed E-state index contributed by atoms with van der Waals surface area (Å²) in [5.41, 5.74) is -10.9. The zero-order valence-corrected chi connectivity index (χ0v) is 53.6. The van der Waals surface area contributed by atoms with Crippen LogP contribution in [0.15, 0.2) is 165 Å². The standard InChI is InChI=1S/2C37H40F4N4O2S/c1-4-43(5-2)18-19-44(22-26-6-10-28(11-7-26)29-12-14-30(15-13-29)37(39,40)41)34(46)23-45-33-21-25(3)20-32(33)35(47)42-36(45)48-24-27-8-16-31(38)17-9-27;1-4-43(5-2)21-22-44(25(3)27-11-13-28(14-12-27)29-15-17-30(18-16-29)37(39,40)41)34(46)23-45-33-8-6-7-32(33)35(47)42-36(45)48-24-26-9-19-31(38)20-10-26/h6-17,25H,4-5,18-24H2,1-3H3;9-20,25H,4-8,21-24H2,1-3H3/i4D2,5D2,18D2,19D2,20D2,21D2,22D2,24D2,25D;4D2,5D2,21D2,22D2,24D2,25D. The van der Waals surface area contributed by atoms with Crippen LogP contribution in [-0.4, -0.2) is 102 Å². The van der Waals surface area contributed by atoms with Gasteiger partial charge in [0.2, 0.25) is 11.8 Å². The number of rotatable bonds is 26. The highest BCUT2D eigenvalue weighted by atomic mass is 32.2. The number of nitrogens with zero attached hydrogens (tertiary/aromatic N) is 8. The van der Waals surface area contributed by atoms with Crippen LogP contribution in [0.1, 0.15) is 148 Å². The Balaban J connectivity index is 0.000000282. The molecule has 2 heterocycles. The topological polar surface area (TPSA) is 117 Å². The molecule has 8 aromatic rings. The Labute approximate surface area is 603 Å². The highest BCUT2D eigenvalue weighted by Gasteiger charge is 2.33. The van der Waals surface area contributed by atoms with E-state index in [9.17, 15) is 59.1 Å². The molecule has 10 rings (SSSR count). The largest absolute Gasteiger partial charge is 0.416 e. The normalized spacial score (nSPS) is 22.0. The minimum absolute atomic E-state index is 0.00685. The number of carbonyl (C=O) groups excluding carboxylic acids is 2. The molecule has 508 valence electrons. The van der Waals surface area contributed by atoms with Crippen molar-refractivity contribution in [3.63, 3.8) is 0 Å². The first-order chi connectivity index (χ1) is 56.1. The molecule has 12 nitrogen and oxygen atoms in total. The van der Waals surface area contributed by atoms with E-state index in [4.69, 9.17) is 28.8 Å². The predicted octanol–water partition coefficient (Wildman–Crippen LogP) is 15.2. The predicted molar refractivity (Wildman–Crippen MR) is 362 cm³/mol. The van der Waals surface area contributed by atoms with E-state index in [2.05, 4.69) is 9.97 Å². The fourth-order valence-electron chi connectivity index (χ4n) is 9.62. The smallest absolute Gasteiger partial charge is 0.336 e. The van der Waals surface area contributed by atoms with E-state index in [0.29, 0.717) is 47.7 Å². The first-order valence-electron chi connectivity index (χ1n) is 43.1. The SMILES string of the molecule is [2H]C([2H])(Sc1nc(=O)c2c(n1CC(=O)N(C([2H])(C)c1ccc(-c3ccc(C(F)(F)F)cc3)cc1)C([2H])([2H])C([2H])([2H])N(C([2H])([2H])C)C([2H])([2H])C)CCC2)c1ccc(F)cc1.[2H]C([2H])(Sc1nc(=O)c2c(n1CC(=O)N(C([2H])([2H])c1ccc(-c3ccc(C(F)(F)F)cc3)cc1)C([2H])([2H])C([2H])([2H])N(C([2H])([2H])C)C([2H])([2H])C)C([2H])([2H])C([2H])(C)C2([2H])[2H])c1ccc(F)cc1. The Kier molecular flexibility index (Phi) is 14.9. The third-order valence-electron chi connectivity index (χ3n) is 14.6. The van der Waals surface area contributed by atoms with Crippen molar-refractivity contribution >= 4 is 35.3 Å². The van der Waals surface area contributed by atoms with Gasteiger partial charge in [-0.05, 0) is 164 Å². The van der Waals surface area contributed by atoms with Crippen molar-refractivity contribution in [2.24, 2.45) is 5.89 Å². The number of hydrogen-bond donors (Lipinski definition) is 0. The van der Waals surface area contributed by atoms with E-state index >= 15 is 4.79 Å². The third kappa shape index (κ3) is 18.8. The van der Waals surface area contributed by atoms with Crippen LogP contribution in [-0.2, 0) is 78.5 Å². The number of thioether (sulfide) groups is 2. The molecule has 2 unspecified atom stereocenters. The van der Waals surface area contributed by atoms with Crippen LogP contribution in [0.4, 0.5) is 35.1 Å². The van der Waals surface area contributed by atoms with Gasteiger partial charge < -0.3 is 28.7 Å². The number of likely N-dealkylation sites (N-methyl/N-ethyl adjacent to an activating group) is 2. The number of benzene rings is 6. The number of carbonyl (C=O) groups is 2. The molecule has 2 aliphatic rings. The Bertz CT molecular complexity index is 5400. The molecule has 2 amide bonds. The summed E-state index contributed by atoms with van der Waals surface area (Å²) < 4.78 is 355. The second kappa shape index (κ2) is 32.9. The summed E-state index contributed by atoms with van der Waals surface area (Å²) in [6.07, 6.45) is -14.9. The van der Waals surface area contributed by atoms with Gasteiger partial charge in [0, 0.05) is 95.2 Å². The monoisotopic (exact) mass is 1390 g/mol. The number of halogens is 8. The molecular weight excluding hydrogens is 1280 g/mol. The molecule has 2 aliphatic carbocycles. The summed E-state index contributed by atoms with van der Waals surface area (Å²) in [6, 6.07) is 23.1. The number of alkyl halides is 6. The molecule has 0 N–H and O–H groups in total. The summed E-state index contributed by atoms with van der Waals surface area (Å²) in [5.74, 6) is -7.54. The van der Waals surface area contributed by atoms with Crippen LogP contribution in [0, 0.1) is 17.5 Å². The van der Waals surface area contributed by atoms with Crippen LogP contribution in [0.3, 0.4) is 0 Å². The van der Waals surface area contributed by atoms with E-state index in [0.717, 1.165) is 113 Å². The summed E-state index contributed by atoms with van der Waals surface area (Å²) in [5, 5.41) is -1.26. The average Bonchev–Trinajstić information content (AvgIpc) is 1.52. The van der Waals surface area contributed by atoms with Gasteiger partial charge in [0.25, 0.3) is 11.1 Å². The molecule has 22 heteroatoms. The molecule has 0 fully saturated rings. The second-order valence-electron chi connectivity index (χ2n) is 20.8. The molecule has 0 bridgehead atoms. The molecule has 0 saturated carbocycles. The Hall–Kier alpha value is -7.92. The molecule has 2 atom stereocenters. The Morgan fingerprint density at radius 2 is 0.990 bits per heavy atom. The van der Waals surface area contributed by atoms with Crippen molar-refractivity contribution < 1.29 is 83.1 Å². The molecule has 0 spiro atoms. The highest BCUT2D eigenvalue weighted by Crippen LogP contribution is 2.35. The second-order valence-corrected chi connectivity index (χ2v) is 22.4.